The van der Waals surface area contributed by atoms with Gasteiger partial charge in [-0.05, 0) is 37.5 Å². The largest absolute Gasteiger partial charge is 0.271 e. The Labute approximate surface area is 75.2 Å². The first kappa shape index (κ1) is 9.75. The number of allylic oxidation sites excluding steroid dienone is 1. The van der Waals surface area contributed by atoms with Crippen LogP contribution in [0.3, 0.4) is 0 Å². The van der Waals surface area contributed by atoms with Crippen molar-refractivity contribution >= 4 is 0 Å². The molecule has 0 radical (unpaired) electrons. The molecular weight excluding hydrogens is 148 g/mol. The highest BCUT2D eigenvalue weighted by atomic mass is 15.2. The lowest BCUT2D eigenvalue weighted by molar-refractivity contribution is 0.336. The predicted molar refractivity (Wildman–Crippen MR) is 52.5 cm³/mol. The molecule has 70 valence electrons. The van der Waals surface area contributed by atoms with Gasteiger partial charge in [0.25, 0.3) is 0 Å². The van der Waals surface area contributed by atoms with E-state index in [1.807, 2.05) is 6.08 Å². The highest BCUT2D eigenvalue weighted by molar-refractivity contribution is 4.97. The van der Waals surface area contributed by atoms with Gasteiger partial charge in [-0.3, -0.25) is 11.3 Å². The van der Waals surface area contributed by atoms with Crippen LogP contribution in [0.5, 0.6) is 0 Å². The maximum absolute atomic E-state index is 5.51. The summed E-state index contributed by atoms with van der Waals surface area (Å²) in [6, 6.07) is 0.512. The van der Waals surface area contributed by atoms with E-state index in [1.165, 1.54) is 25.7 Å². The topological polar surface area (TPSA) is 38.0 Å². The fourth-order valence-electron chi connectivity index (χ4n) is 1.64. The van der Waals surface area contributed by atoms with Crippen LogP contribution in [0.2, 0.25) is 0 Å². The van der Waals surface area contributed by atoms with Crippen LogP contribution in [0, 0.1) is 5.41 Å². The molecule has 1 fully saturated rings. The third kappa shape index (κ3) is 2.32. The van der Waals surface area contributed by atoms with Gasteiger partial charge in [0.1, 0.15) is 0 Å². The summed E-state index contributed by atoms with van der Waals surface area (Å²) in [4.78, 5) is 0. The number of hydrogen-bond donors (Lipinski definition) is 2. The minimum absolute atomic E-state index is 0.496. The summed E-state index contributed by atoms with van der Waals surface area (Å²) in [5.41, 5.74) is 3.43. The molecule has 1 aliphatic carbocycles. The minimum atomic E-state index is 0.496. The molecule has 0 saturated heterocycles. The molecule has 12 heavy (non-hydrogen) atoms. The summed E-state index contributed by atoms with van der Waals surface area (Å²) in [6.45, 7) is 6.02. The van der Waals surface area contributed by atoms with Gasteiger partial charge < -0.3 is 0 Å². The molecule has 3 N–H and O–H groups in total. The Bertz CT molecular complexity index is 150. The van der Waals surface area contributed by atoms with E-state index in [0.29, 0.717) is 11.5 Å². The summed E-state index contributed by atoms with van der Waals surface area (Å²) < 4.78 is 0. The van der Waals surface area contributed by atoms with E-state index in [2.05, 4.69) is 18.9 Å². The van der Waals surface area contributed by atoms with Crippen LogP contribution in [0.15, 0.2) is 12.7 Å². The lowest BCUT2D eigenvalue weighted by atomic mass is 9.94. The molecule has 0 spiro atoms. The molecule has 1 saturated carbocycles. The van der Waals surface area contributed by atoms with Crippen LogP contribution in [0.4, 0.5) is 0 Å². The summed E-state index contributed by atoms with van der Waals surface area (Å²) in [7, 11) is 0. The lowest BCUT2D eigenvalue weighted by Crippen LogP contribution is -2.40. The lowest BCUT2D eigenvalue weighted by Gasteiger charge is -2.22. The summed E-state index contributed by atoms with van der Waals surface area (Å²) >= 11 is 0. The van der Waals surface area contributed by atoms with Crippen molar-refractivity contribution in [1.29, 1.82) is 0 Å². The van der Waals surface area contributed by atoms with Crippen LogP contribution in [0.25, 0.3) is 0 Å². The monoisotopic (exact) mass is 168 g/mol. The van der Waals surface area contributed by atoms with Crippen molar-refractivity contribution in [1.82, 2.24) is 5.43 Å². The Morgan fingerprint density at radius 1 is 1.67 bits per heavy atom. The van der Waals surface area contributed by atoms with Crippen molar-refractivity contribution in [3.05, 3.63) is 12.7 Å². The summed E-state index contributed by atoms with van der Waals surface area (Å²) in [6.07, 6.45) is 8.12. The van der Waals surface area contributed by atoms with Gasteiger partial charge in [-0.25, -0.2) is 0 Å². The number of hydrazine groups is 1. The molecule has 1 rings (SSSR count). The van der Waals surface area contributed by atoms with E-state index < -0.39 is 0 Å². The van der Waals surface area contributed by atoms with Crippen molar-refractivity contribution in [2.24, 2.45) is 11.3 Å². The molecule has 1 unspecified atom stereocenters. The normalized spacial score (nSPS) is 21.8. The van der Waals surface area contributed by atoms with E-state index >= 15 is 0 Å². The van der Waals surface area contributed by atoms with Gasteiger partial charge in [0.15, 0.2) is 0 Å². The van der Waals surface area contributed by atoms with E-state index in [4.69, 9.17) is 5.84 Å². The predicted octanol–water partition coefficient (Wildman–Crippen LogP) is 1.97. The second-order valence-electron chi connectivity index (χ2n) is 4.09. The molecule has 0 bridgehead atoms. The standard InChI is InChI=1S/C10H20N2/c1-3-4-5-6-9(12-11)10(2)7-8-10/h3,9,12H,1,4-8,11H2,2H3. The molecule has 1 aliphatic rings. The van der Waals surface area contributed by atoms with Gasteiger partial charge in [-0.15, -0.1) is 6.58 Å². The molecule has 0 aromatic heterocycles. The summed E-state index contributed by atoms with van der Waals surface area (Å²) in [5, 5.41) is 0. The number of nitrogens with two attached hydrogens (primary N) is 1. The van der Waals surface area contributed by atoms with E-state index in [1.54, 1.807) is 0 Å². The number of hydrogen-bond acceptors (Lipinski definition) is 2. The van der Waals surface area contributed by atoms with Crippen molar-refractivity contribution in [3.63, 3.8) is 0 Å². The first-order valence-corrected chi connectivity index (χ1v) is 4.80. The Kier molecular flexibility index (Phi) is 3.29. The molecule has 0 aromatic rings. The van der Waals surface area contributed by atoms with Crippen LogP contribution in [-0.4, -0.2) is 6.04 Å². The number of unbranched alkanes of at least 4 members (excludes halogenated alkanes) is 1. The highest BCUT2D eigenvalue weighted by Crippen LogP contribution is 2.49. The van der Waals surface area contributed by atoms with Gasteiger partial charge >= 0.3 is 0 Å². The zero-order valence-corrected chi connectivity index (χ0v) is 7.97. The molecule has 0 heterocycles. The van der Waals surface area contributed by atoms with Crippen molar-refractivity contribution < 1.29 is 0 Å². The SMILES string of the molecule is C=CCCCC(NN)C1(C)CC1. The van der Waals surface area contributed by atoms with E-state index in [9.17, 15) is 0 Å². The van der Waals surface area contributed by atoms with Crippen molar-refractivity contribution in [3.8, 4) is 0 Å². The third-order valence-electron chi connectivity index (χ3n) is 2.98. The maximum Gasteiger partial charge on any atom is 0.0264 e. The molecule has 2 heteroatoms. The molecular formula is C10H20N2. The molecule has 0 aliphatic heterocycles. The van der Waals surface area contributed by atoms with E-state index in [0.717, 1.165) is 6.42 Å². The molecule has 0 amide bonds. The number of nitrogens with one attached hydrogen (secondary N) is 1. The number of rotatable bonds is 6. The Morgan fingerprint density at radius 3 is 2.75 bits per heavy atom. The fraction of sp³-hybridized carbons (Fsp3) is 0.800. The maximum atomic E-state index is 5.51. The summed E-state index contributed by atoms with van der Waals surface area (Å²) in [5.74, 6) is 5.51. The molecule has 2 nitrogen and oxygen atoms in total. The van der Waals surface area contributed by atoms with Crippen LogP contribution < -0.4 is 11.3 Å². The third-order valence-corrected chi connectivity index (χ3v) is 2.98. The Hall–Kier alpha value is -0.340. The minimum Gasteiger partial charge on any atom is -0.271 e. The van der Waals surface area contributed by atoms with Crippen molar-refractivity contribution in [2.45, 2.75) is 45.1 Å². The molecule has 1 atom stereocenters. The zero-order valence-electron chi connectivity index (χ0n) is 7.97. The average Bonchev–Trinajstić information content (AvgIpc) is 2.78. The average molecular weight is 168 g/mol. The van der Waals surface area contributed by atoms with Crippen LogP contribution in [0.1, 0.15) is 39.0 Å². The van der Waals surface area contributed by atoms with Crippen LogP contribution in [-0.2, 0) is 0 Å². The van der Waals surface area contributed by atoms with E-state index in [-0.39, 0.29) is 0 Å². The van der Waals surface area contributed by atoms with Crippen molar-refractivity contribution in [2.75, 3.05) is 0 Å². The zero-order chi connectivity index (χ0) is 9.03. The second kappa shape index (κ2) is 4.06. The van der Waals surface area contributed by atoms with Gasteiger partial charge in [-0.1, -0.05) is 13.0 Å². The Balaban J connectivity index is 2.21. The first-order chi connectivity index (χ1) is 5.73. The molecule has 0 aromatic carbocycles. The smallest absolute Gasteiger partial charge is 0.0264 e. The Morgan fingerprint density at radius 2 is 2.33 bits per heavy atom. The second-order valence-corrected chi connectivity index (χ2v) is 4.09. The highest BCUT2D eigenvalue weighted by Gasteiger charge is 2.43. The van der Waals surface area contributed by atoms with Gasteiger partial charge in [-0.2, -0.15) is 0 Å². The van der Waals surface area contributed by atoms with Crippen LogP contribution >= 0.6 is 0 Å². The first-order valence-electron chi connectivity index (χ1n) is 4.80. The van der Waals surface area contributed by atoms with Gasteiger partial charge in [0.05, 0.1) is 0 Å². The van der Waals surface area contributed by atoms with Gasteiger partial charge in [0, 0.05) is 6.04 Å². The quantitative estimate of drug-likeness (QED) is 0.275. The fourth-order valence-corrected chi connectivity index (χ4v) is 1.64. The van der Waals surface area contributed by atoms with Gasteiger partial charge in [0.2, 0.25) is 0 Å².